The van der Waals surface area contributed by atoms with Crippen molar-refractivity contribution in [1.29, 1.82) is 0 Å². The molecular weight excluding hydrogens is 294 g/mol. The smallest absolute Gasteiger partial charge is 0.273 e. The van der Waals surface area contributed by atoms with E-state index >= 15 is 0 Å². The molecule has 6 heteroatoms. The van der Waals surface area contributed by atoms with E-state index in [4.69, 9.17) is 4.52 Å². The molecule has 6 nitrogen and oxygen atoms in total. The van der Waals surface area contributed by atoms with Crippen LogP contribution in [0.15, 0.2) is 59.4 Å². The van der Waals surface area contributed by atoms with Gasteiger partial charge in [-0.1, -0.05) is 11.2 Å². The van der Waals surface area contributed by atoms with Crippen LogP contribution in [-0.2, 0) is 6.42 Å². The summed E-state index contributed by atoms with van der Waals surface area (Å²) >= 11 is 0. The van der Waals surface area contributed by atoms with E-state index in [1.54, 1.807) is 42.7 Å². The number of nitrogens with one attached hydrogen (secondary N) is 1. The highest BCUT2D eigenvalue weighted by atomic mass is 16.5. The van der Waals surface area contributed by atoms with Crippen molar-refractivity contribution in [3.05, 3.63) is 66.1 Å². The van der Waals surface area contributed by atoms with Crippen LogP contribution < -0.4 is 5.32 Å². The van der Waals surface area contributed by atoms with Crippen LogP contribution in [0.3, 0.4) is 0 Å². The highest BCUT2D eigenvalue weighted by Gasteiger charge is 2.13. The van der Waals surface area contributed by atoms with Crippen molar-refractivity contribution in [2.75, 3.05) is 6.54 Å². The Labute approximate surface area is 132 Å². The second-order valence-electron chi connectivity index (χ2n) is 4.99. The molecule has 3 aromatic rings. The summed E-state index contributed by atoms with van der Waals surface area (Å²) in [6.07, 6.45) is 4.18. The first-order chi connectivity index (χ1) is 11.2. The number of hydrogen-bond acceptors (Lipinski definition) is 5. The summed E-state index contributed by atoms with van der Waals surface area (Å²) in [5, 5.41) is 15.8. The monoisotopic (exact) mass is 309 g/mol. The molecule has 1 aromatic carbocycles. The fourth-order valence-corrected chi connectivity index (χ4v) is 2.10. The van der Waals surface area contributed by atoms with E-state index in [9.17, 15) is 9.90 Å². The van der Waals surface area contributed by atoms with E-state index in [0.29, 0.717) is 18.7 Å². The van der Waals surface area contributed by atoms with Gasteiger partial charge in [-0.25, -0.2) is 0 Å². The Morgan fingerprint density at radius 1 is 1.22 bits per heavy atom. The number of pyridine rings is 1. The minimum absolute atomic E-state index is 0.168. The SMILES string of the molecule is O=C(NCCc1cccnc1)c1cc(-c2ccc(O)cc2)on1. The Kier molecular flexibility index (Phi) is 4.33. The fourth-order valence-electron chi connectivity index (χ4n) is 2.10. The molecule has 2 heterocycles. The molecule has 0 spiro atoms. The topological polar surface area (TPSA) is 88.2 Å². The number of hydrogen-bond donors (Lipinski definition) is 2. The van der Waals surface area contributed by atoms with Gasteiger partial charge in [-0.3, -0.25) is 9.78 Å². The van der Waals surface area contributed by atoms with Gasteiger partial charge < -0.3 is 14.9 Å². The maximum absolute atomic E-state index is 12.0. The van der Waals surface area contributed by atoms with E-state index in [0.717, 1.165) is 11.1 Å². The van der Waals surface area contributed by atoms with E-state index in [1.165, 1.54) is 0 Å². The summed E-state index contributed by atoms with van der Waals surface area (Å²) in [6, 6.07) is 11.9. The van der Waals surface area contributed by atoms with Gasteiger partial charge in [-0.05, 0) is 42.3 Å². The molecule has 23 heavy (non-hydrogen) atoms. The van der Waals surface area contributed by atoms with Gasteiger partial charge >= 0.3 is 0 Å². The molecule has 2 aromatic heterocycles. The molecular formula is C17H15N3O3. The molecule has 0 saturated carbocycles. The summed E-state index contributed by atoms with van der Waals surface area (Å²) in [6.45, 7) is 0.492. The van der Waals surface area contributed by atoms with Crippen LogP contribution in [0.5, 0.6) is 5.75 Å². The third kappa shape index (κ3) is 3.74. The molecule has 0 aliphatic rings. The third-order valence-electron chi connectivity index (χ3n) is 3.32. The Balaban J connectivity index is 1.59. The number of carbonyl (C=O) groups is 1. The number of amides is 1. The fraction of sp³-hybridized carbons (Fsp3) is 0.118. The first kappa shape index (κ1) is 14.8. The Bertz CT molecular complexity index is 782. The van der Waals surface area contributed by atoms with Gasteiger partial charge in [-0.2, -0.15) is 0 Å². The van der Waals surface area contributed by atoms with Crippen LogP contribution in [0.1, 0.15) is 16.1 Å². The zero-order chi connectivity index (χ0) is 16.1. The van der Waals surface area contributed by atoms with E-state index in [-0.39, 0.29) is 17.4 Å². The number of phenolic OH excluding ortho intramolecular Hbond substituents is 1. The van der Waals surface area contributed by atoms with Crippen molar-refractivity contribution >= 4 is 5.91 Å². The molecule has 0 atom stereocenters. The highest BCUT2D eigenvalue weighted by molar-refractivity contribution is 5.93. The number of nitrogens with zero attached hydrogens (tertiary/aromatic N) is 2. The molecule has 1 amide bonds. The summed E-state index contributed by atoms with van der Waals surface area (Å²) in [5.41, 5.74) is 2.02. The average molecular weight is 309 g/mol. The number of aromatic hydroxyl groups is 1. The minimum atomic E-state index is -0.289. The molecule has 0 bridgehead atoms. The average Bonchev–Trinajstić information content (AvgIpc) is 3.06. The normalized spacial score (nSPS) is 10.4. The molecule has 2 N–H and O–H groups in total. The van der Waals surface area contributed by atoms with Gasteiger partial charge in [0.1, 0.15) is 5.75 Å². The van der Waals surface area contributed by atoms with E-state index < -0.39 is 0 Å². The minimum Gasteiger partial charge on any atom is -0.508 e. The van der Waals surface area contributed by atoms with E-state index in [1.807, 2.05) is 12.1 Å². The van der Waals surface area contributed by atoms with Crippen LogP contribution in [-0.4, -0.2) is 27.7 Å². The lowest BCUT2D eigenvalue weighted by atomic mass is 10.1. The van der Waals surface area contributed by atoms with Crippen LogP contribution in [0.25, 0.3) is 11.3 Å². The van der Waals surface area contributed by atoms with Crippen molar-refractivity contribution in [2.45, 2.75) is 6.42 Å². The van der Waals surface area contributed by atoms with Crippen molar-refractivity contribution < 1.29 is 14.4 Å². The predicted molar refractivity (Wildman–Crippen MR) is 83.9 cm³/mol. The first-order valence-corrected chi connectivity index (χ1v) is 7.15. The Morgan fingerprint density at radius 3 is 2.78 bits per heavy atom. The van der Waals surface area contributed by atoms with Crippen LogP contribution in [0, 0.1) is 0 Å². The lowest BCUT2D eigenvalue weighted by Gasteiger charge is -2.02. The molecule has 0 aliphatic heterocycles. The zero-order valence-corrected chi connectivity index (χ0v) is 12.3. The zero-order valence-electron chi connectivity index (χ0n) is 12.3. The molecule has 116 valence electrons. The number of phenols is 1. The van der Waals surface area contributed by atoms with Gasteiger partial charge in [0.15, 0.2) is 11.5 Å². The second-order valence-corrected chi connectivity index (χ2v) is 4.99. The van der Waals surface area contributed by atoms with E-state index in [2.05, 4.69) is 15.5 Å². The number of carbonyl (C=O) groups excluding carboxylic acids is 1. The molecule has 0 fully saturated rings. The van der Waals surface area contributed by atoms with Crippen LogP contribution in [0.2, 0.25) is 0 Å². The predicted octanol–water partition coefficient (Wildman–Crippen LogP) is 2.41. The van der Waals surface area contributed by atoms with Gasteiger partial charge in [-0.15, -0.1) is 0 Å². The van der Waals surface area contributed by atoms with Crippen molar-refractivity contribution in [3.63, 3.8) is 0 Å². The first-order valence-electron chi connectivity index (χ1n) is 7.15. The molecule has 0 radical (unpaired) electrons. The second kappa shape index (κ2) is 6.74. The summed E-state index contributed by atoms with van der Waals surface area (Å²) in [5.74, 6) is 0.353. The molecule has 0 saturated heterocycles. The van der Waals surface area contributed by atoms with Crippen molar-refractivity contribution in [1.82, 2.24) is 15.5 Å². The summed E-state index contributed by atoms with van der Waals surface area (Å²) in [4.78, 5) is 16.1. The maximum atomic E-state index is 12.0. The van der Waals surface area contributed by atoms with Crippen LogP contribution in [0.4, 0.5) is 0 Å². The third-order valence-corrected chi connectivity index (χ3v) is 3.32. The highest BCUT2D eigenvalue weighted by Crippen LogP contribution is 2.22. The standard InChI is InChI=1S/C17H15N3O3/c21-14-5-3-13(4-6-14)16-10-15(20-23-16)17(22)19-9-7-12-2-1-8-18-11-12/h1-6,8,10-11,21H,7,9H2,(H,19,22). The molecule has 0 aliphatic carbocycles. The summed E-state index contributed by atoms with van der Waals surface area (Å²) in [7, 11) is 0. The van der Waals surface area contributed by atoms with Gasteiger partial charge in [0.25, 0.3) is 5.91 Å². The lowest BCUT2D eigenvalue weighted by Crippen LogP contribution is -2.25. The molecule has 3 rings (SSSR count). The number of rotatable bonds is 5. The number of aromatic nitrogens is 2. The number of benzene rings is 1. The van der Waals surface area contributed by atoms with Gasteiger partial charge in [0.2, 0.25) is 0 Å². The Hall–Kier alpha value is -3.15. The summed E-state index contributed by atoms with van der Waals surface area (Å²) < 4.78 is 5.17. The van der Waals surface area contributed by atoms with Gasteiger partial charge in [0.05, 0.1) is 0 Å². The maximum Gasteiger partial charge on any atom is 0.273 e. The van der Waals surface area contributed by atoms with Gasteiger partial charge in [0, 0.05) is 30.6 Å². The largest absolute Gasteiger partial charge is 0.508 e. The molecule has 0 unspecified atom stereocenters. The van der Waals surface area contributed by atoms with Crippen molar-refractivity contribution in [2.24, 2.45) is 0 Å². The Morgan fingerprint density at radius 2 is 2.04 bits per heavy atom. The quantitative estimate of drug-likeness (QED) is 0.755. The lowest BCUT2D eigenvalue weighted by molar-refractivity contribution is 0.0945. The van der Waals surface area contributed by atoms with Crippen molar-refractivity contribution in [3.8, 4) is 17.1 Å². The van der Waals surface area contributed by atoms with Crippen LogP contribution >= 0.6 is 0 Å².